The number of halogens is 3. The van der Waals surface area contributed by atoms with Gasteiger partial charge in [-0.25, -0.2) is 4.79 Å². The third-order valence-electron chi connectivity index (χ3n) is 4.78. The minimum absolute atomic E-state index is 0.361. The zero-order chi connectivity index (χ0) is 24.2. The predicted octanol–water partition coefficient (Wildman–Crippen LogP) is 7.62. The van der Waals surface area contributed by atoms with Crippen LogP contribution in [0.1, 0.15) is 43.2 Å². The maximum Gasteiger partial charge on any atom is 0.416 e. The quantitative estimate of drug-likeness (QED) is 0.189. The molecular formula is C25H25F3O4S. The lowest BCUT2D eigenvalue weighted by molar-refractivity contribution is -0.211. The van der Waals surface area contributed by atoms with Crippen LogP contribution in [0.15, 0.2) is 57.8 Å². The molecule has 0 amide bonds. The summed E-state index contributed by atoms with van der Waals surface area (Å²) in [6.45, 7) is 7.29. The van der Waals surface area contributed by atoms with Crippen LogP contribution in [0.2, 0.25) is 0 Å². The van der Waals surface area contributed by atoms with Gasteiger partial charge in [-0.2, -0.15) is 13.2 Å². The molecule has 176 valence electrons. The largest absolute Gasteiger partial charge is 0.461 e. The van der Waals surface area contributed by atoms with E-state index in [0.717, 1.165) is 40.3 Å². The molecule has 0 radical (unpaired) electrons. The molecule has 0 aliphatic rings. The first-order chi connectivity index (χ1) is 15.5. The van der Waals surface area contributed by atoms with E-state index in [1.54, 1.807) is 17.8 Å². The predicted molar refractivity (Wildman–Crippen MR) is 121 cm³/mol. The first-order valence-corrected chi connectivity index (χ1v) is 11.4. The molecule has 0 spiro atoms. The number of aryl methyl sites for hydroxylation is 1. The van der Waals surface area contributed by atoms with Crippen molar-refractivity contribution in [3.05, 3.63) is 71.0 Å². The van der Waals surface area contributed by atoms with Gasteiger partial charge in [-0.15, -0.1) is 11.8 Å². The highest BCUT2D eigenvalue weighted by Gasteiger charge is 2.30. The first kappa shape index (κ1) is 24.8. The lowest BCUT2D eigenvalue weighted by Gasteiger charge is -2.08. The van der Waals surface area contributed by atoms with E-state index in [1.807, 2.05) is 25.1 Å². The Kier molecular flexibility index (Phi) is 7.79. The number of rotatable bonds is 8. The Hall–Kier alpha value is -2.87. The summed E-state index contributed by atoms with van der Waals surface area (Å²) in [7, 11) is 0. The van der Waals surface area contributed by atoms with E-state index in [2.05, 4.69) is 18.7 Å². The zero-order valence-electron chi connectivity index (χ0n) is 18.8. The summed E-state index contributed by atoms with van der Waals surface area (Å²) in [6.07, 6.45) is -3.64. The zero-order valence-corrected chi connectivity index (χ0v) is 19.6. The van der Waals surface area contributed by atoms with E-state index in [0.29, 0.717) is 28.7 Å². The lowest BCUT2D eigenvalue weighted by Crippen LogP contribution is -2.03. The van der Waals surface area contributed by atoms with E-state index in [-0.39, 0.29) is 0 Å². The van der Waals surface area contributed by atoms with Gasteiger partial charge in [0, 0.05) is 35.1 Å². The van der Waals surface area contributed by atoms with Crippen molar-refractivity contribution in [2.45, 2.75) is 50.9 Å². The second-order valence-electron chi connectivity index (χ2n) is 8.11. The lowest BCUT2D eigenvalue weighted by atomic mass is 10.1. The minimum atomic E-state index is -4.37. The number of thioether (sulfide) groups is 1. The normalized spacial score (nSPS) is 11.6. The fraction of sp³-hybridized carbons (Fsp3) is 0.320. The van der Waals surface area contributed by atoms with Crippen LogP contribution in [-0.4, -0.2) is 5.97 Å². The van der Waals surface area contributed by atoms with Crippen molar-refractivity contribution in [3.8, 4) is 17.1 Å². The van der Waals surface area contributed by atoms with E-state index in [1.165, 1.54) is 19.1 Å². The van der Waals surface area contributed by atoms with Gasteiger partial charge in [-0.3, -0.25) is 9.78 Å². The van der Waals surface area contributed by atoms with Gasteiger partial charge in [-0.1, -0.05) is 26.0 Å². The Bertz CT molecular complexity index is 1100. The molecule has 0 atom stereocenters. The second kappa shape index (κ2) is 10.4. The smallest absolute Gasteiger partial charge is 0.416 e. The average Bonchev–Trinajstić information content (AvgIpc) is 3.13. The molecular weight excluding hydrogens is 453 g/mol. The highest BCUT2D eigenvalue weighted by molar-refractivity contribution is 7.98. The van der Waals surface area contributed by atoms with Crippen molar-refractivity contribution in [2.24, 2.45) is 5.92 Å². The molecule has 8 heteroatoms. The summed E-state index contributed by atoms with van der Waals surface area (Å²) >= 11 is 1.60. The van der Waals surface area contributed by atoms with Crippen molar-refractivity contribution >= 4 is 17.7 Å². The van der Waals surface area contributed by atoms with Gasteiger partial charge in [0.2, 0.25) is 0 Å². The summed E-state index contributed by atoms with van der Waals surface area (Å²) in [5.74, 6) is 2.31. The van der Waals surface area contributed by atoms with Crippen LogP contribution in [0, 0.1) is 12.8 Å². The minimum Gasteiger partial charge on any atom is -0.461 e. The van der Waals surface area contributed by atoms with Gasteiger partial charge in [0.25, 0.3) is 0 Å². The molecule has 0 saturated carbocycles. The first-order valence-electron chi connectivity index (χ1n) is 10.4. The summed E-state index contributed by atoms with van der Waals surface area (Å²) < 4.78 is 44.7. The van der Waals surface area contributed by atoms with Crippen LogP contribution < -0.4 is 4.89 Å². The van der Waals surface area contributed by atoms with Gasteiger partial charge >= 0.3 is 12.1 Å². The molecule has 3 aromatic rings. The maximum absolute atomic E-state index is 12.9. The van der Waals surface area contributed by atoms with Crippen molar-refractivity contribution in [2.75, 3.05) is 0 Å². The van der Waals surface area contributed by atoms with E-state index in [4.69, 9.17) is 9.30 Å². The average molecular weight is 479 g/mol. The number of hydrogen-bond donors (Lipinski definition) is 0. The maximum atomic E-state index is 12.9. The number of carbonyl (C=O) groups excluding carboxylic acids is 1. The summed E-state index contributed by atoms with van der Waals surface area (Å²) in [4.78, 5) is 21.5. The number of hydrogen-bond acceptors (Lipinski definition) is 5. The molecule has 1 aromatic heterocycles. The van der Waals surface area contributed by atoms with Gasteiger partial charge in [0.05, 0.1) is 5.56 Å². The van der Waals surface area contributed by atoms with Gasteiger partial charge in [0.15, 0.2) is 5.75 Å². The van der Waals surface area contributed by atoms with E-state index < -0.39 is 17.7 Å². The molecule has 33 heavy (non-hydrogen) atoms. The Morgan fingerprint density at radius 3 is 2.36 bits per heavy atom. The highest BCUT2D eigenvalue weighted by Crippen LogP contribution is 2.35. The molecule has 0 aliphatic carbocycles. The molecule has 0 saturated heterocycles. The molecule has 0 N–H and O–H groups in total. The third kappa shape index (κ3) is 6.81. The molecule has 3 rings (SSSR count). The highest BCUT2D eigenvalue weighted by atomic mass is 32.2. The van der Waals surface area contributed by atoms with E-state index in [9.17, 15) is 18.0 Å². The molecule has 2 aromatic carbocycles. The fourth-order valence-electron chi connectivity index (χ4n) is 3.17. The van der Waals surface area contributed by atoms with Gasteiger partial charge < -0.3 is 4.42 Å². The van der Waals surface area contributed by atoms with Crippen LogP contribution in [0.25, 0.3) is 11.3 Å². The molecule has 0 aliphatic heterocycles. The second-order valence-corrected chi connectivity index (χ2v) is 9.16. The number of alkyl halides is 3. The van der Waals surface area contributed by atoms with Crippen molar-refractivity contribution < 1.29 is 32.2 Å². The number of benzene rings is 2. The van der Waals surface area contributed by atoms with E-state index >= 15 is 0 Å². The van der Waals surface area contributed by atoms with Crippen LogP contribution in [0.4, 0.5) is 13.2 Å². The van der Waals surface area contributed by atoms with Crippen molar-refractivity contribution in [1.82, 2.24) is 0 Å². The Balaban J connectivity index is 1.77. The monoisotopic (exact) mass is 478 g/mol. The Morgan fingerprint density at radius 1 is 1.09 bits per heavy atom. The number of carbonyl (C=O) groups is 1. The van der Waals surface area contributed by atoms with Crippen LogP contribution in [0.5, 0.6) is 5.75 Å². The van der Waals surface area contributed by atoms with Gasteiger partial charge in [0.1, 0.15) is 11.5 Å². The molecule has 4 nitrogen and oxygen atoms in total. The van der Waals surface area contributed by atoms with Crippen molar-refractivity contribution in [3.63, 3.8) is 0 Å². The van der Waals surface area contributed by atoms with Crippen LogP contribution in [0.3, 0.4) is 0 Å². The van der Waals surface area contributed by atoms with Crippen LogP contribution >= 0.6 is 11.8 Å². The van der Waals surface area contributed by atoms with Crippen LogP contribution in [-0.2, 0) is 28.0 Å². The molecule has 0 unspecified atom stereocenters. The molecule has 0 fully saturated rings. The SMILES string of the molecule is CC(=O)OOc1ccc(SCc2cc(-c3ccc(C(F)(F)F)cc3)oc2CC(C)C)cc1C. The van der Waals surface area contributed by atoms with Crippen molar-refractivity contribution in [1.29, 1.82) is 0 Å². The molecule has 1 heterocycles. The molecule has 0 bridgehead atoms. The Morgan fingerprint density at radius 2 is 1.79 bits per heavy atom. The standard InChI is InChI=1S/C25H25F3O4S/c1-15(2)11-23-19(13-24(30-23)18-5-7-20(8-6-18)25(26,27)28)14-33-21-9-10-22(16(3)12-21)32-31-17(4)29/h5-10,12-13,15H,11,14H2,1-4H3. The Labute approximate surface area is 195 Å². The summed E-state index contributed by atoms with van der Waals surface area (Å²) in [5, 5.41) is 0. The number of furan rings is 1. The fourth-order valence-corrected chi connectivity index (χ4v) is 4.16. The third-order valence-corrected chi connectivity index (χ3v) is 5.82. The van der Waals surface area contributed by atoms with Gasteiger partial charge in [-0.05, 0) is 54.8 Å². The summed E-state index contributed by atoms with van der Waals surface area (Å²) in [6, 6.07) is 12.4. The topological polar surface area (TPSA) is 48.7 Å². The summed E-state index contributed by atoms with van der Waals surface area (Å²) in [5.41, 5.74) is 1.74.